The van der Waals surface area contributed by atoms with Gasteiger partial charge in [0, 0.05) is 0 Å². The molecule has 0 aliphatic carbocycles. The summed E-state index contributed by atoms with van der Waals surface area (Å²) in [6.07, 6.45) is 1.87. The third-order valence-electron chi connectivity index (χ3n) is 1.61. The van der Waals surface area contributed by atoms with Gasteiger partial charge in [-0.15, -0.1) is 0 Å². The standard InChI is InChI=1S/C9H10Br2Si/c1-2-7-3-5-8(6-4-7)12-9(10)11/h2-6,9H,1,12H2. The predicted molar refractivity (Wildman–Crippen MR) is 66.4 cm³/mol. The highest BCUT2D eigenvalue weighted by Gasteiger charge is 2.00. The lowest BCUT2D eigenvalue weighted by Crippen LogP contribution is -2.19. The van der Waals surface area contributed by atoms with Crippen LogP contribution in [0.5, 0.6) is 0 Å². The summed E-state index contributed by atoms with van der Waals surface area (Å²) in [5.74, 6) is 0. The molecule has 0 aromatic heterocycles. The largest absolute Gasteiger partial charge is 0.0985 e. The average molecular weight is 306 g/mol. The lowest BCUT2D eigenvalue weighted by atomic mass is 10.2. The Kier molecular flexibility index (Phi) is 4.25. The highest BCUT2D eigenvalue weighted by Crippen LogP contribution is 2.05. The summed E-state index contributed by atoms with van der Waals surface area (Å²) in [5.41, 5.74) is 1.19. The normalized spacial score (nSPS) is 11.2. The zero-order valence-electron chi connectivity index (χ0n) is 6.63. The van der Waals surface area contributed by atoms with Crippen LogP contribution in [0.2, 0.25) is 0 Å². The maximum atomic E-state index is 3.71. The van der Waals surface area contributed by atoms with E-state index in [2.05, 4.69) is 62.7 Å². The van der Waals surface area contributed by atoms with E-state index in [1.807, 2.05) is 6.08 Å². The molecule has 1 aromatic rings. The van der Waals surface area contributed by atoms with Crippen molar-refractivity contribution in [2.75, 3.05) is 0 Å². The molecule has 0 N–H and O–H groups in total. The van der Waals surface area contributed by atoms with Gasteiger partial charge in [0.25, 0.3) is 0 Å². The number of hydrogen-bond donors (Lipinski definition) is 0. The predicted octanol–water partition coefficient (Wildman–Crippen LogP) is 2.20. The van der Waals surface area contributed by atoms with Crippen molar-refractivity contribution in [3.8, 4) is 0 Å². The van der Waals surface area contributed by atoms with Gasteiger partial charge in [0.1, 0.15) is 0 Å². The zero-order valence-corrected chi connectivity index (χ0v) is 11.2. The summed E-state index contributed by atoms with van der Waals surface area (Å²) in [6, 6.07) is 8.58. The van der Waals surface area contributed by atoms with Crippen LogP contribution in [0, 0.1) is 0 Å². The quantitative estimate of drug-likeness (QED) is 0.593. The van der Waals surface area contributed by atoms with Gasteiger partial charge in [-0.05, 0) is 5.56 Å². The molecule has 0 heterocycles. The SMILES string of the molecule is C=Cc1ccc([SiH2]C(Br)Br)cc1. The lowest BCUT2D eigenvalue weighted by Gasteiger charge is -2.01. The molecular formula is C9H10Br2Si. The van der Waals surface area contributed by atoms with Crippen molar-refractivity contribution < 1.29 is 0 Å². The van der Waals surface area contributed by atoms with Gasteiger partial charge in [0.05, 0.1) is 12.9 Å². The molecule has 0 saturated carbocycles. The zero-order chi connectivity index (χ0) is 8.97. The molecule has 0 bridgehead atoms. The molecule has 1 aromatic carbocycles. The van der Waals surface area contributed by atoms with Crippen LogP contribution in [-0.2, 0) is 0 Å². The van der Waals surface area contributed by atoms with Gasteiger partial charge >= 0.3 is 0 Å². The molecule has 64 valence electrons. The Bertz CT molecular complexity index is 254. The van der Waals surface area contributed by atoms with E-state index in [-0.39, 0.29) is 9.52 Å². The van der Waals surface area contributed by atoms with E-state index >= 15 is 0 Å². The summed E-state index contributed by atoms with van der Waals surface area (Å²) in [7, 11) is -0.201. The third kappa shape index (κ3) is 3.25. The summed E-state index contributed by atoms with van der Waals surface area (Å²) in [4.78, 5) is 0. The van der Waals surface area contributed by atoms with Gasteiger partial charge in [-0.25, -0.2) is 0 Å². The van der Waals surface area contributed by atoms with Crippen molar-refractivity contribution in [2.24, 2.45) is 0 Å². The van der Waals surface area contributed by atoms with Crippen LogP contribution < -0.4 is 5.19 Å². The first kappa shape index (κ1) is 10.2. The fourth-order valence-corrected chi connectivity index (χ4v) is 4.08. The number of halogens is 2. The Hall–Kier alpha value is 0.137. The maximum absolute atomic E-state index is 3.71. The van der Waals surface area contributed by atoms with E-state index < -0.39 is 0 Å². The van der Waals surface area contributed by atoms with Crippen LogP contribution in [0.25, 0.3) is 6.08 Å². The monoisotopic (exact) mass is 304 g/mol. The summed E-state index contributed by atoms with van der Waals surface area (Å²) >= 11 is 7.01. The van der Waals surface area contributed by atoms with Gasteiger partial charge in [0.15, 0.2) is 0 Å². The molecule has 3 heteroatoms. The van der Waals surface area contributed by atoms with Crippen molar-refractivity contribution >= 4 is 52.6 Å². The first-order valence-electron chi connectivity index (χ1n) is 3.72. The Balaban J connectivity index is 2.71. The van der Waals surface area contributed by atoms with E-state index in [9.17, 15) is 0 Å². The third-order valence-corrected chi connectivity index (χ3v) is 4.80. The summed E-state index contributed by atoms with van der Waals surface area (Å²) in [5, 5.41) is 1.46. The van der Waals surface area contributed by atoms with Crippen LogP contribution in [-0.4, -0.2) is 12.9 Å². The van der Waals surface area contributed by atoms with Crippen LogP contribution in [0.3, 0.4) is 0 Å². The summed E-state index contributed by atoms with van der Waals surface area (Å²) in [6.45, 7) is 3.71. The number of benzene rings is 1. The van der Waals surface area contributed by atoms with Gasteiger partial charge in [-0.3, -0.25) is 0 Å². The van der Waals surface area contributed by atoms with E-state index in [0.29, 0.717) is 3.36 Å². The van der Waals surface area contributed by atoms with E-state index in [1.54, 1.807) is 0 Å². The van der Waals surface area contributed by atoms with Crippen LogP contribution in [0.4, 0.5) is 0 Å². The minimum Gasteiger partial charge on any atom is -0.0985 e. The Morgan fingerprint density at radius 1 is 1.25 bits per heavy atom. The molecule has 12 heavy (non-hydrogen) atoms. The number of alkyl halides is 2. The molecular weight excluding hydrogens is 296 g/mol. The molecule has 0 unspecified atom stereocenters. The molecule has 1 rings (SSSR count). The fourth-order valence-electron chi connectivity index (χ4n) is 0.968. The van der Waals surface area contributed by atoms with E-state index in [4.69, 9.17) is 0 Å². The van der Waals surface area contributed by atoms with Crippen LogP contribution in [0.15, 0.2) is 30.8 Å². The molecule has 0 atom stereocenters. The van der Waals surface area contributed by atoms with Gasteiger partial charge < -0.3 is 0 Å². The van der Waals surface area contributed by atoms with Crippen LogP contribution in [0.1, 0.15) is 5.56 Å². The molecule has 0 amide bonds. The first-order valence-corrected chi connectivity index (χ1v) is 7.07. The second kappa shape index (κ2) is 4.99. The number of rotatable bonds is 3. The molecule has 0 aliphatic heterocycles. The molecule has 0 spiro atoms. The van der Waals surface area contributed by atoms with Crippen molar-refractivity contribution in [1.29, 1.82) is 0 Å². The molecule has 0 fully saturated rings. The van der Waals surface area contributed by atoms with Gasteiger partial charge in [-0.1, -0.05) is 74.0 Å². The van der Waals surface area contributed by atoms with E-state index in [0.717, 1.165) is 0 Å². The van der Waals surface area contributed by atoms with Crippen molar-refractivity contribution in [3.05, 3.63) is 36.4 Å². The molecule has 0 radical (unpaired) electrons. The van der Waals surface area contributed by atoms with Crippen molar-refractivity contribution in [2.45, 2.75) is 3.36 Å². The highest BCUT2D eigenvalue weighted by atomic mass is 79.9. The first-order chi connectivity index (χ1) is 5.72. The minimum absolute atomic E-state index is 0.201. The Morgan fingerprint density at radius 3 is 2.25 bits per heavy atom. The summed E-state index contributed by atoms with van der Waals surface area (Å²) < 4.78 is 0.500. The van der Waals surface area contributed by atoms with Gasteiger partial charge in [0.2, 0.25) is 0 Å². The smallest absolute Gasteiger partial charge is 0.0833 e. The average Bonchev–Trinajstić information content (AvgIpc) is 2.05. The highest BCUT2D eigenvalue weighted by molar-refractivity contribution is 9.25. The molecule has 0 aliphatic rings. The van der Waals surface area contributed by atoms with Crippen molar-refractivity contribution in [3.63, 3.8) is 0 Å². The topological polar surface area (TPSA) is 0 Å². The van der Waals surface area contributed by atoms with Gasteiger partial charge in [-0.2, -0.15) is 0 Å². The van der Waals surface area contributed by atoms with E-state index in [1.165, 1.54) is 10.8 Å². The maximum Gasteiger partial charge on any atom is 0.0833 e. The van der Waals surface area contributed by atoms with Crippen LogP contribution >= 0.6 is 31.9 Å². The second-order valence-corrected chi connectivity index (χ2v) is 10.4. The Labute approximate surface area is 92.1 Å². The molecule has 0 saturated heterocycles. The molecule has 0 nitrogen and oxygen atoms in total. The fraction of sp³-hybridized carbons (Fsp3) is 0.111. The lowest BCUT2D eigenvalue weighted by molar-refractivity contribution is 1.70. The number of hydrogen-bond acceptors (Lipinski definition) is 0. The Morgan fingerprint density at radius 2 is 1.83 bits per heavy atom. The van der Waals surface area contributed by atoms with Crippen molar-refractivity contribution in [1.82, 2.24) is 0 Å². The second-order valence-electron chi connectivity index (χ2n) is 2.54. The minimum atomic E-state index is -0.201.